The van der Waals surface area contributed by atoms with Crippen molar-refractivity contribution in [2.24, 2.45) is 4.99 Å². The highest BCUT2D eigenvalue weighted by atomic mass is 16.6. The SMILES string of the molecule is CC(C)(C)OC(=O)CN1C(=O)/C(=C/c2cc[nH]c2)N=C1/C=C/c1c[nH]c2ccccc12. The van der Waals surface area contributed by atoms with Crippen molar-refractivity contribution in [3.8, 4) is 0 Å². The largest absolute Gasteiger partial charge is 0.459 e. The number of ether oxygens (including phenoxy) is 1. The van der Waals surface area contributed by atoms with E-state index in [0.29, 0.717) is 5.84 Å². The molecular formula is C24H24N4O3. The predicted molar refractivity (Wildman–Crippen MR) is 121 cm³/mol. The van der Waals surface area contributed by atoms with Gasteiger partial charge in [-0.15, -0.1) is 0 Å². The van der Waals surface area contributed by atoms with E-state index in [1.54, 1.807) is 45.3 Å². The fraction of sp³-hybridized carbons (Fsp3) is 0.208. The first kappa shape index (κ1) is 20.4. The molecule has 2 aromatic heterocycles. The van der Waals surface area contributed by atoms with Crippen molar-refractivity contribution in [3.63, 3.8) is 0 Å². The number of amidine groups is 1. The highest BCUT2D eigenvalue weighted by Gasteiger charge is 2.32. The molecule has 0 radical (unpaired) electrons. The van der Waals surface area contributed by atoms with Crippen LogP contribution in [0.25, 0.3) is 23.1 Å². The fourth-order valence-corrected chi connectivity index (χ4v) is 3.33. The molecule has 0 saturated carbocycles. The van der Waals surface area contributed by atoms with E-state index in [1.165, 1.54) is 4.90 Å². The van der Waals surface area contributed by atoms with Crippen LogP contribution in [-0.2, 0) is 14.3 Å². The lowest BCUT2D eigenvalue weighted by Crippen LogP contribution is -2.39. The second-order valence-corrected chi connectivity index (χ2v) is 8.24. The van der Waals surface area contributed by atoms with Gasteiger partial charge in [-0.3, -0.25) is 14.5 Å². The quantitative estimate of drug-likeness (QED) is 0.484. The standard InChI is InChI=1S/C24H24N4O3/c1-24(2,3)31-22(29)15-28-21(27-20(23(28)30)12-16-10-11-25-13-16)9-8-17-14-26-19-7-5-4-6-18(17)19/h4-14,25-26H,15H2,1-3H3/b9-8+,20-12-. The molecule has 0 fully saturated rings. The van der Waals surface area contributed by atoms with Crippen molar-refractivity contribution < 1.29 is 14.3 Å². The molecule has 0 bridgehead atoms. The third-order valence-electron chi connectivity index (χ3n) is 4.64. The van der Waals surface area contributed by atoms with Crippen LogP contribution in [0.4, 0.5) is 0 Å². The van der Waals surface area contributed by atoms with E-state index < -0.39 is 11.6 Å². The van der Waals surface area contributed by atoms with Gasteiger partial charge >= 0.3 is 5.97 Å². The lowest BCUT2D eigenvalue weighted by Gasteiger charge is -2.22. The van der Waals surface area contributed by atoms with Crippen LogP contribution in [0.1, 0.15) is 31.9 Å². The van der Waals surface area contributed by atoms with Crippen molar-refractivity contribution in [2.75, 3.05) is 6.54 Å². The average molecular weight is 416 g/mol. The first-order chi connectivity index (χ1) is 14.8. The van der Waals surface area contributed by atoms with Gasteiger partial charge in [0.25, 0.3) is 5.91 Å². The Kier molecular flexibility index (Phi) is 5.33. The van der Waals surface area contributed by atoms with Crippen molar-refractivity contribution in [3.05, 3.63) is 71.8 Å². The number of benzene rings is 1. The fourth-order valence-electron chi connectivity index (χ4n) is 3.33. The summed E-state index contributed by atoms with van der Waals surface area (Å²) in [5.74, 6) is -0.439. The molecule has 31 heavy (non-hydrogen) atoms. The summed E-state index contributed by atoms with van der Waals surface area (Å²) < 4.78 is 5.40. The van der Waals surface area contributed by atoms with E-state index in [4.69, 9.17) is 4.74 Å². The molecule has 0 saturated heterocycles. The second-order valence-electron chi connectivity index (χ2n) is 8.24. The Labute approximate surface area is 180 Å². The number of aromatic nitrogens is 2. The first-order valence-electron chi connectivity index (χ1n) is 10.0. The number of nitrogens with zero attached hydrogens (tertiary/aromatic N) is 2. The molecule has 3 heterocycles. The van der Waals surface area contributed by atoms with Gasteiger partial charge in [-0.2, -0.15) is 0 Å². The first-order valence-corrected chi connectivity index (χ1v) is 10.0. The predicted octanol–water partition coefficient (Wildman–Crippen LogP) is 4.13. The molecule has 2 N–H and O–H groups in total. The molecule has 7 nitrogen and oxygen atoms in total. The minimum Gasteiger partial charge on any atom is -0.459 e. The number of rotatable bonds is 5. The minimum absolute atomic E-state index is 0.211. The summed E-state index contributed by atoms with van der Waals surface area (Å²) in [5.41, 5.74) is 2.44. The number of hydrogen-bond acceptors (Lipinski definition) is 4. The number of aliphatic imine (C=N–C) groups is 1. The molecule has 0 aliphatic carbocycles. The number of fused-ring (bicyclic) bond motifs is 1. The molecule has 1 aromatic carbocycles. The Morgan fingerprint density at radius 3 is 2.71 bits per heavy atom. The molecule has 4 rings (SSSR count). The molecule has 0 spiro atoms. The summed E-state index contributed by atoms with van der Waals surface area (Å²) in [6.07, 6.45) is 10.8. The van der Waals surface area contributed by atoms with E-state index in [-0.39, 0.29) is 18.1 Å². The van der Waals surface area contributed by atoms with Crippen molar-refractivity contribution in [1.29, 1.82) is 0 Å². The Morgan fingerprint density at radius 1 is 1.16 bits per heavy atom. The van der Waals surface area contributed by atoms with Crippen LogP contribution in [-0.4, -0.2) is 44.7 Å². The average Bonchev–Trinajstić information content (AvgIpc) is 3.42. The maximum absolute atomic E-state index is 13.0. The normalized spacial score (nSPS) is 16.0. The Morgan fingerprint density at radius 2 is 1.97 bits per heavy atom. The van der Waals surface area contributed by atoms with E-state index in [1.807, 2.05) is 42.6 Å². The van der Waals surface area contributed by atoms with Crippen LogP contribution in [0.3, 0.4) is 0 Å². The summed E-state index contributed by atoms with van der Waals surface area (Å²) in [6.45, 7) is 5.16. The van der Waals surface area contributed by atoms with E-state index in [9.17, 15) is 9.59 Å². The zero-order valence-corrected chi connectivity index (χ0v) is 17.7. The highest BCUT2D eigenvalue weighted by Crippen LogP contribution is 2.22. The number of H-pyrrole nitrogens is 2. The van der Waals surface area contributed by atoms with Crippen LogP contribution in [0.5, 0.6) is 0 Å². The van der Waals surface area contributed by atoms with Crippen LogP contribution >= 0.6 is 0 Å². The molecule has 3 aromatic rings. The van der Waals surface area contributed by atoms with Crippen LogP contribution in [0, 0.1) is 0 Å². The number of carbonyl (C=O) groups is 2. The summed E-state index contributed by atoms with van der Waals surface area (Å²) in [6, 6.07) is 9.79. The van der Waals surface area contributed by atoms with Crippen LogP contribution in [0.2, 0.25) is 0 Å². The zero-order valence-electron chi connectivity index (χ0n) is 17.7. The Bertz CT molecular complexity index is 1210. The second kappa shape index (κ2) is 8.10. The smallest absolute Gasteiger partial charge is 0.326 e. The molecule has 7 heteroatoms. The van der Waals surface area contributed by atoms with Gasteiger partial charge in [0.1, 0.15) is 23.7 Å². The van der Waals surface area contributed by atoms with Crippen LogP contribution in [0.15, 0.2) is 65.7 Å². The number of carbonyl (C=O) groups excluding carboxylic acids is 2. The number of esters is 1. The number of para-hydroxylation sites is 1. The lowest BCUT2D eigenvalue weighted by molar-refractivity contribution is -0.156. The summed E-state index contributed by atoms with van der Waals surface area (Å²) >= 11 is 0. The number of hydrogen-bond donors (Lipinski definition) is 2. The topological polar surface area (TPSA) is 90.5 Å². The molecular weight excluding hydrogens is 392 g/mol. The Hall–Kier alpha value is -3.87. The summed E-state index contributed by atoms with van der Waals surface area (Å²) in [4.78, 5) is 37.4. The van der Waals surface area contributed by atoms with E-state index in [2.05, 4.69) is 15.0 Å². The maximum Gasteiger partial charge on any atom is 0.326 e. The number of aromatic amines is 2. The monoisotopic (exact) mass is 416 g/mol. The lowest BCUT2D eigenvalue weighted by atomic mass is 10.1. The van der Waals surface area contributed by atoms with Gasteiger partial charge < -0.3 is 14.7 Å². The highest BCUT2D eigenvalue weighted by molar-refractivity contribution is 6.19. The summed E-state index contributed by atoms with van der Waals surface area (Å²) in [7, 11) is 0. The third kappa shape index (κ3) is 4.66. The summed E-state index contributed by atoms with van der Waals surface area (Å²) in [5, 5.41) is 1.06. The van der Waals surface area contributed by atoms with Gasteiger partial charge in [0.2, 0.25) is 0 Å². The molecule has 1 amide bonds. The van der Waals surface area contributed by atoms with Crippen LogP contribution < -0.4 is 0 Å². The van der Waals surface area contributed by atoms with E-state index in [0.717, 1.165) is 22.0 Å². The van der Waals surface area contributed by atoms with Crippen molar-refractivity contribution in [2.45, 2.75) is 26.4 Å². The van der Waals surface area contributed by atoms with Gasteiger partial charge in [-0.25, -0.2) is 4.99 Å². The van der Waals surface area contributed by atoms with Gasteiger partial charge in [-0.05, 0) is 62.3 Å². The number of amides is 1. The van der Waals surface area contributed by atoms with Gasteiger partial charge in [0.15, 0.2) is 0 Å². The zero-order chi connectivity index (χ0) is 22.0. The Balaban J connectivity index is 1.64. The van der Waals surface area contributed by atoms with E-state index >= 15 is 0 Å². The maximum atomic E-state index is 13.0. The van der Waals surface area contributed by atoms with Crippen molar-refractivity contribution >= 4 is 40.8 Å². The van der Waals surface area contributed by atoms with Crippen molar-refractivity contribution in [1.82, 2.24) is 14.9 Å². The molecule has 1 aliphatic heterocycles. The van der Waals surface area contributed by atoms with Gasteiger partial charge in [0, 0.05) is 29.5 Å². The molecule has 158 valence electrons. The number of nitrogens with one attached hydrogen (secondary N) is 2. The molecule has 0 atom stereocenters. The molecule has 0 unspecified atom stereocenters. The minimum atomic E-state index is -0.638. The van der Waals surface area contributed by atoms with Gasteiger partial charge in [0.05, 0.1) is 0 Å². The molecule has 1 aliphatic rings. The van der Waals surface area contributed by atoms with Gasteiger partial charge in [-0.1, -0.05) is 18.2 Å². The third-order valence-corrected chi connectivity index (χ3v) is 4.64.